The van der Waals surface area contributed by atoms with E-state index in [1.54, 1.807) is 0 Å². The summed E-state index contributed by atoms with van der Waals surface area (Å²) < 4.78 is 31.4. The van der Waals surface area contributed by atoms with Crippen molar-refractivity contribution >= 4 is 0 Å². The Balaban J connectivity index is 1.76. The molecule has 4 nitrogen and oxygen atoms in total. The predicted molar refractivity (Wildman–Crippen MR) is 63.4 cm³/mol. The molecule has 1 N–H and O–H groups in total. The predicted octanol–water partition coefficient (Wildman–Crippen LogP) is 2.36. The second kappa shape index (κ2) is 5.05. The van der Waals surface area contributed by atoms with Crippen LogP contribution in [0.1, 0.15) is 36.2 Å². The van der Waals surface area contributed by atoms with E-state index in [-0.39, 0.29) is 12.5 Å². The molecule has 1 aliphatic rings. The van der Waals surface area contributed by atoms with Crippen LogP contribution in [-0.2, 0) is 6.42 Å². The normalized spacial score (nSPS) is 18.9. The van der Waals surface area contributed by atoms with E-state index in [0.29, 0.717) is 17.3 Å². The monoisotopic (exact) mass is 265 g/mol. The summed E-state index contributed by atoms with van der Waals surface area (Å²) in [7, 11) is 0. The van der Waals surface area contributed by atoms with Crippen LogP contribution >= 0.6 is 0 Å². The maximum Gasteiger partial charge on any atom is 0.231 e. The number of rotatable bonds is 3. The first kappa shape index (κ1) is 12.2. The molecule has 1 aromatic carbocycles. The molecule has 1 unspecified atom stereocenters. The molecule has 0 radical (unpaired) electrons. The van der Waals surface area contributed by atoms with Crippen molar-refractivity contribution in [3.8, 4) is 0 Å². The zero-order chi connectivity index (χ0) is 13.2. The first-order valence-electron chi connectivity index (χ1n) is 6.22. The SMILES string of the molecule is Fc1ccc(Cc2nc(C3CCCN3)no2)c(F)c1. The fourth-order valence-electron chi connectivity index (χ4n) is 2.21. The van der Waals surface area contributed by atoms with E-state index < -0.39 is 11.6 Å². The Morgan fingerprint density at radius 3 is 3.00 bits per heavy atom. The number of hydrogen-bond donors (Lipinski definition) is 1. The molecule has 0 saturated carbocycles. The molecule has 2 aromatic rings. The van der Waals surface area contributed by atoms with Crippen LogP contribution in [0.2, 0.25) is 0 Å². The van der Waals surface area contributed by atoms with Crippen LogP contribution in [0.3, 0.4) is 0 Å². The summed E-state index contributed by atoms with van der Waals surface area (Å²) in [6.07, 6.45) is 2.23. The largest absolute Gasteiger partial charge is 0.339 e. The van der Waals surface area contributed by atoms with E-state index in [1.807, 2.05) is 0 Å². The third-order valence-electron chi connectivity index (χ3n) is 3.21. The molecular weight excluding hydrogens is 252 g/mol. The fourth-order valence-corrected chi connectivity index (χ4v) is 2.21. The lowest BCUT2D eigenvalue weighted by Gasteiger charge is -2.02. The minimum Gasteiger partial charge on any atom is -0.339 e. The van der Waals surface area contributed by atoms with Gasteiger partial charge in [0.05, 0.1) is 12.5 Å². The number of hydrogen-bond acceptors (Lipinski definition) is 4. The Morgan fingerprint density at radius 2 is 2.26 bits per heavy atom. The standard InChI is InChI=1S/C13H13F2N3O/c14-9-4-3-8(10(15)7-9)6-12-17-13(18-19-12)11-2-1-5-16-11/h3-4,7,11,16H,1-2,5-6H2. The Morgan fingerprint density at radius 1 is 1.37 bits per heavy atom. The van der Waals surface area contributed by atoms with Crippen molar-refractivity contribution < 1.29 is 13.3 Å². The Kier molecular flexibility index (Phi) is 3.25. The van der Waals surface area contributed by atoms with Gasteiger partial charge in [0, 0.05) is 6.07 Å². The molecule has 100 valence electrons. The molecule has 0 spiro atoms. The Hall–Kier alpha value is -1.82. The summed E-state index contributed by atoms with van der Waals surface area (Å²) in [6, 6.07) is 3.58. The highest BCUT2D eigenvalue weighted by Gasteiger charge is 2.21. The Labute approximate surface area is 108 Å². The van der Waals surface area contributed by atoms with Crippen molar-refractivity contribution in [1.29, 1.82) is 0 Å². The highest BCUT2D eigenvalue weighted by atomic mass is 19.1. The minimum absolute atomic E-state index is 0.121. The quantitative estimate of drug-likeness (QED) is 0.925. The van der Waals surface area contributed by atoms with E-state index in [0.717, 1.165) is 25.5 Å². The van der Waals surface area contributed by atoms with Gasteiger partial charge in [0.25, 0.3) is 0 Å². The van der Waals surface area contributed by atoms with Gasteiger partial charge in [-0.15, -0.1) is 0 Å². The average molecular weight is 265 g/mol. The summed E-state index contributed by atoms with van der Waals surface area (Å²) >= 11 is 0. The van der Waals surface area contributed by atoms with Gasteiger partial charge in [-0.25, -0.2) is 8.78 Å². The number of nitrogens with zero attached hydrogens (tertiary/aromatic N) is 2. The Bertz CT molecular complexity index is 579. The smallest absolute Gasteiger partial charge is 0.231 e. The summed E-state index contributed by atoms with van der Waals surface area (Å²) in [5, 5.41) is 7.16. The van der Waals surface area contributed by atoms with Crippen LogP contribution < -0.4 is 5.32 Å². The van der Waals surface area contributed by atoms with Crippen LogP contribution in [0.4, 0.5) is 8.78 Å². The molecule has 0 amide bonds. The van der Waals surface area contributed by atoms with Crippen molar-refractivity contribution in [2.24, 2.45) is 0 Å². The van der Waals surface area contributed by atoms with Gasteiger partial charge in [0.1, 0.15) is 11.6 Å². The van der Waals surface area contributed by atoms with Gasteiger partial charge in [0.2, 0.25) is 5.89 Å². The number of nitrogens with one attached hydrogen (secondary N) is 1. The zero-order valence-electron chi connectivity index (χ0n) is 10.2. The van der Waals surface area contributed by atoms with Gasteiger partial charge < -0.3 is 9.84 Å². The lowest BCUT2D eigenvalue weighted by molar-refractivity contribution is 0.372. The molecule has 3 rings (SSSR count). The number of benzene rings is 1. The van der Waals surface area contributed by atoms with Gasteiger partial charge >= 0.3 is 0 Å². The van der Waals surface area contributed by atoms with Crippen molar-refractivity contribution in [1.82, 2.24) is 15.5 Å². The van der Waals surface area contributed by atoms with Gasteiger partial charge in [-0.05, 0) is 31.0 Å². The van der Waals surface area contributed by atoms with Gasteiger partial charge in [-0.2, -0.15) is 4.98 Å². The van der Waals surface area contributed by atoms with Gasteiger partial charge in [-0.1, -0.05) is 11.2 Å². The van der Waals surface area contributed by atoms with E-state index in [9.17, 15) is 8.78 Å². The lowest BCUT2D eigenvalue weighted by atomic mass is 10.1. The van der Waals surface area contributed by atoms with Crippen LogP contribution in [0.5, 0.6) is 0 Å². The summed E-state index contributed by atoms with van der Waals surface area (Å²) in [5.74, 6) is -0.245. The zero-order valence-corrected chi connectivity index (χ0v) is 10.2. The lowest BCUT2D eigenvalue weighted by Crippen LogP contribution is -2.14. The molecule has 1 fully saturated rings. The molecule has 6 heteroatoms. The van der Waals surface area contributed by atoms with Crippen LogP contribution in [0.25, 0.3) is 0 Å². The molecule has 1 aliphatic heterocycles. The van der Waals surface area contributed by atoms with Crippen LogP contribution in [0.15, 0.2) is 22.7 Å². The van der Waals surface area contributed by atoms with E-state index in [2.05, 4.69) is 15.5 Å². The third-order valence-corrected chi connectivity index (χ3v) is 3.21. The number of halogens is 2. The first-order chi connectivity index (χ1) is 9.22. The van der Waals surface area contributed by atoms with Crippen molar-refractivity contribution in [2.45, 2.75) is 25.3 Å². The van der Waals surface area contributed by atoms with Crippen molar-refractivity contribution in [3.05, 3.63) is 47.1 Å². The van der Waals surface area contributed by atoms with Crippen molar-refractivity contribution in [2.75, 3.05) is 6.54 Å². The maximum atomic E-state index is 13.5. The molecule has 1 atom stereocenters. The number of aromatic nitrogens is 2. The minimum atomic E-state index is -0.598. The van der Waals surface area contributed by atoms with E-state index in [1.165, 1.54) is 12.1 Å². The van der Waals surface area contributed by atoms with Crippen molar-refractivity contribution in [3.63, 3.8) is 0 Å². The molecule has 0 aliphatic carbocycles. The van der Waals surface area contributed by atoms with Gasteiger partial charge in [-0.3, -0.25) is 0 Å². The maximum absolute atomic E-state index is 13.5. The second-order valence-corrected chi connectivity index (χ2v) is 4.61. The molecule has 1 saturated heterocycles. The topological polar surface area (TPSA) is 51.0 Å². The third kappa shape index (κ3) is 2.63. The first-order valence-corrected chi connectivity index (χ1v) is 6.22. The summed E-state index contributed by atoms with van der Waals surface area (Å²) in [5.41, 5.74) is 0.344. The average Bonchev–Trinajstić information content (AvgIpc) is 3.03. The van der Waals surface area contributed by atoms with Crippen LogP contribution in [0, 0.1) is 11.6 Å². The molecule has 19 heavy (non-hydrogen) atoms. The van der Waals surface area contributed by atoms with E-state index in [4.69, 9.17) is 4.52 Å². The van der Waals surface area contributed by atoms with Gasteiger partial charge in [0.15, 0.2) is 5.82 Å². The second-order valence-electron chi connectivity index (χ2n) is 4.61. The molecule has 1 aromatic heterocycles. The molecule has 2 heterocycles. The van der Waals surface area contributed by atoms with Crippen LogP contribution in [-0.4, -0.2) is 16.7 Å². The molecule has 0 bridgehead atoms. The van der Waals surface area contributed by atoms with E-state index >= 15 is 0 Å². The molecular formula is C13H13F2N3O. The highest BCUT2D eigenvalue weighted by Crippen LogP contribution is 2.21. The highest BCUT2D eigenvalue weighted by molar-refractivity contribution is 5.21. The summed E-state index contributed by atoms with van der Waals surface area (Å²) in [4.78, 5) is 4.25. The fraction of sp³-hybridized carbons (Fsp3) is 0.385. The summed E-state index contributed by atoms with van der Waals surface area (Å²) in [6.45, 7) is 0.946.